The Morgan fingerprint density at radius 2 is 2.14 bits per heavy atom. The van der Waals surface area contributed by atoms with E-state index in [1.54, 1.807) is 13.0 Å². The topological polar surface area (TPSA) is 20.2 Å². The highest BCUT2D eigenvalue weighted by Gasteiger charge is 2.23. The van der Waals surface area contributed by atoms with Crippen molar-refractivity contribution in [2.75, 3.05) is 0 Å². The van der Waals surface area contributed by atoms with E-state index in [2.05, 4.69) is 0 Å². The summed E-state index contributed by atoms with van der Waals surface area (Å²) in [5, 5.41) is 9.82. The van der Waals surface area contributed by atoms with Crippen molar-refractivity contribution in [2.24, 2.45) is 0 Å². The smallest absolute Gasteiger partial charge is 0.126 e. The molecule has 1 atom stereocenters. The quantitative estimate of drug-likeness (QED) is 0.673. The Balaban J connectivity index is 2.67. The third-order valence-corrected chi connectivity index (χ3v) is 3.14. The molecule has 1 aromatic carbocycles. The van der Waals surface area contributed by atoms with E-state index in [0.29, 0.717) is 5.56 Å². The first-order valence-corrected chi connectivity index (χ1v) is 5.08. The molecule has 2 rings (SSSR count). The van der Waals surface area contributed by atoms with Crippen molar-refractivity contribution < 1.29 is 9.50 Å². The Labute approximate surface area is 83.6 Å². The van der Waals surface area contributed by atoms with Gasteiger partial charge in [-0.1, -0.05) is 0 Å². The molecule has 1 aliphatic carbocycles. The largest absolute Gasteiger partial charge is 0.388 e. The fraction of sp³-hybridized carbons (Fsp3) is 0.500. The SMILES string of the molecule is Cc1cc(F)c(C)c2c1CCC[C@@H]2O. The Bertz CT molecular complexity index is 371. The first-order valence-electron chi connectivity index (χ1n) is 5.08. The maximum absolute atomic E-state index is 13.4. The van der Waals surface area contributed by atoms with Crippen molar-refractivity contribution in [1.82, 2.24) is 0 Å². The summed E-state index contributed by atoms with van der Waals surface area (Å²) in [6.45, 7) is 3.67. The van der Waals surface area contributed by atoms with Crippen LogP contribution in [0.3, 0.4) is 0 Å². The number of benzene rings is 1. The van der Waals surface area contributed by atoms with Gasteiger partial charge in [0.1, 0.15) is 5.82 Å². The first kappa shape index (κ1) is 9.66. The maximum atomic E-state index is 13.4. The van der Waals surface area contributed by atoms with E-state index < -0.39 is 6.10 Å². The molecule has 0 fully saturated rings. The van der Waals surface area contributed by atoms with Gasteiger partial charge in [0, 0.05) is 0 Å². The summed E-state index contributed by atoms with van der Waals surface area (Å²) in [6.07, 6.45) is 2.27. The number of aliphatic hydroxyl groups is 1. The average molecular weight is 194 g/mol. The van der Waals surface area contributed by atoms with Gasteiger partial charge in [0.05, 0.1) is 6.10 Å². The van der Waals surface area contributed by atoms with Crippen LogP contribution in [-0.2, 0) is 6.42 Å². The van der Waals surface area contributed by atoms with Crippen molar-refractivity contribution in [2.45, 2.75) is 39.2 Å². The Morgan fingerprint density at radius 3 is 2.86 bits per heavy atom. The Kier molecular flexibility index (Phi) is 2.31. The van der Waals surface area contributed by atoms with Crippen LogP contribution in [0.25, 0.3) is 0 Å². The molecule has 0 spiro atoms. The molecule has 0 heterocycles. The third kappa shape index (κ3) is 1.34. The van der Waals surface area contributed by atoms with Gasteiger partial charge < -0.3 is 5.11 Å². The Morgan fingerprint density at radius 1 is 1.43 bits per heavy atom. The summed E-state index contributed by atoms with van der Waals surface area (Å²) in [5.41, 5.74) is 3.59. The zero-order valence-electron chi connectivity index (χ0n) is 8.60. The molecule has 1 aliphatic rings. The van der Waals surface area contributed by atoms with Gasteiger partial charge in [0.15, 0.2) is 0 Å². The molecule has 76 valence electrons. The lowest BCUT2D eigenvalue weighted by Gasteiger charge is -2.25. The van der Waals surface area contributed by atoms with E-state index in [0.717, 1.165) is 36.0 Å². The van der Waals surface area contributed by atoms with Crippen molar-refractivity contribution in [1.29, 1.82) is 0 Å². The molecule has 0 bridgehead atoms. The summed E-state index contributed by atoms with van der Waals surface area (Å²) < 4.78 is 13.4. The zero-order valence-corrected chi connectivity index (χ0v) is 8.60. The van der Waals surface area contributed by atoms with E-state index >= 15 is 0 Å². The summed E-state index contributed by atoms with van der Waals surface area (Å²) in [7, 11) is 0. The molecule has 14 heavy (non-hydrogen) atoms. The Hall–Kier alpha value is -0.890. The minimum Gasteiger partial charge on any atom is -0.388 e. The molecular formula is C12H15FO. The number of fused-ring (bicyclic) bond motifs is 1. The highest BCUT2D eigenvalue weighted by molar-refractivity contribution is 5.43. The van der Waals surface area contributed by atoms with Gasteiger partial charge in [-0.05, 0) is 61.4 Å². The summed E-state index contributed by atoms with van der Waals surface area (Å²) >= 11 is 0. The molecule has 0 aromatic heterocycles. The number of aryl methyl sites for hydroxylation is 1. The number of aliphatic hydroxyl groups excluding tert-OH is 1. The van der Waals surface area contributed by atoms with Crippen molar-refractivity contribution in [3.8, 4) is 0 Å². The molecule has 1 aromatic rings. The van der Waals surface area contributed by atoms with Gasteiger partial charge in [-0.25, -0.2) is 4.39 Å². The minimum absolute atomic E-state index is 0.192. The van der Waals surface area contributed by atoms with Crippen LogP contribution in [0.2, 0.25) is 0 Å². The molecule has 0 saturated carbocycles. The maximum Gasteiger partial charge on any atom is 0.126 e. The van der Waals surface area contributed by atoms with Crippen molar-refractivity contribution in [3.05, 3.63) is 34.1 Å². The van der Waals surface area contributed by atoms with Crippen LogP contribution in [0.5, 0.6) is 0 Å². The van der Waals surface area contributed by atoms with Crippen LogP contribution in [0, 0.1) is 19.7 Å². The van der Waals surface area contributed by atoms with Gasteiger partial charge in [0.2, 0.25) is 0 Å². The lowest BCUT2D eigenvalue weighted by Crippen LogP contribution is -2.13. The average Bonchev–Trinajstić information content (AvgIpc) is 2.14. The molecule has 0 saturated heterocycles. The number of rotatable bonds is 0. The van der Waals surface area contributed by atoms with E-state index in [9.17, 15) is 9.50 Å². The van der Waals surface area contributed by atoms with Gasteiger partial charge >= 0.3 is 0 Å². The first-order chi connectivity index (χ1) is 6.61. The predicted molar refractivity (Wildman–Crippen MR) is 53.8 cm³/mol. The zero-order chi connectivity index (χ0) is 10.3. The standard InChI is InChI=1S/C12H15FO/c1-7-6-10(13)8(2)12-9(7)4-3-5-11(12)14/h6,11,14H,3-5H2,1-2H3/t11-/m0/s1. The second-order valence-electron chi connectivity index (χ2n) is 4.10. The molecule has 0 unspecified atom stereocenters. The lowest BCUT2D eigenvalue weighted by molar-refractivity contribution is 0.155. The molecule has 0 aliphatic heterocycles. The second-order valence-corrected chi connectivity index (χ2v) is 4.10. The second kappa shape index (κ2) is 3.35. The highest BCUT2D eigenvalue weighted by Crippen LogP contribution is 2.35. The molecule has 0 amide bonds. The normalized spacial score (nSPS) is 20.7. The molecular weight excluding hydrogens is 179 g/mol. The van der Waals surface area contributed by atoms with E-state index in [-0.39, 0.29) is 5.82 Å². The van der Waals surface area contributed by atoms with Crippen LogP contribution in [-0.4, -0.2) is 5.11 Å². The van der Waals surface area contributed by atoms with E-state index in [1.165, 1.54) is 0 Å². The number of hydrogen-bond acceptors (Lipinski definition) is 1. The van der Waals surface area contributed by atoms with Gasteiger partial charge in [-0.3, -0.25) is 0 Å². The van der Waals surface area contributed by atoms with Crippen LogP contribution < -0.4 is 0 Å². The molecule has 0 radical (unpaired) electrons. The van der Waals surface area contributed by atoms with Crippen LogP contribution in [0.1, 0.15) is 41.2 Å². The highest BCUT2D eigenvalue weighted by atomic mass is 19.1. The number of halogens is 1. The van der Waals surface area contributed by atoms with Gasteiger partial charge in [-0.15, -0.1) is 0 Å². The molecule has 1 nitrogen and oxygen atoms in total. The summed E-state index contributed by atoms with van der Waals surface area (Å²) in [5.74, 6) is -0.192. The molecule has 2 heteroatoms. The van der Waals surface area contributed by atoms with Crippen LogP contribution in [0.4, 0.5) is 4.39 Å². The van der Waals surface area contributed by atoms with Crippen LogP contribution >= 0.6 is 0 Å². The van der Waals surface area contributed by atoms with E-state index in [4.69, 9.17) is 0 Å². The monoisotopic (exact) mass is 194 g/mol. The predicted octanol–water partition coefficient (Wildman–Crippen LogP) is 2.81. The van der Waals surface area contributed by atoms with Crippen molar-refractivity contribution in [3.63, 3.8) is 0 Å². The summed E-state index contributed by atoms with van der Waals surface area (Å²) in [4.78, 5) is 0. The van der Waals surface area contributed by atoms with E-state index in [1.807, 2.05) is 6.92 Å². The van der Waals surface area contributed by atoms with Crippen LogP contribution in [0.15, 0.2) is 6.07 Å². The summed E-state index contributed by atoms with van der Waals surface area (Å²) in [6, 6.07) is 1.58. The number of hydrogen-bond donors (Lipinski definition) is 1. The fourth-order valence-electron chi connectivity index (χ4n) is 2.35. The third-order valence-electron chi connectivity index (χ3n) is 3.14. The van der Waals surface area contributed by atoms with Crippen molar-refractivity contribution >= 4 is 0 Å². The van der Waals surface area contributed by atoms with Gasteiger partial charge in [-0.2, -0.15) is 0 Å². The molecule has 1 N–H and O–H groups in total. The minimum atomic E-state index is -0.465. The lowest BCUT2D eigenvalue weighted by atomic mass is 9.84. The fourth-order valence-corrected chi connectivity index (χ4v) is 2.35. The van der Waals surface area contributed by atoms with Gasteiger partial charge in [0.25, 0.3) is 0 Å².